The maximum atomic E-state index is 12.1. The first-order valence-corrected chi connectivity index (χ1v) is 10.1. The van der Waals surface area contributed by atoms with Gasteiger partial charge in [-0.2, -0.15) is 0 Å². The van der Waals surface area contributed by atoms with Gasteiger partial charge in [0.05, 0.1) is 13.7 Å². The summed E-state index contributed by atoms with van der Waals surface area (Å²) in [6.07, 6.45) is 5.60. The standard InChI is InChI=1S/C21H28N2O5/c1-26-18-11-15(12-19-21(18)28-14-27-19)16-10-17(23(13-16)8-9-24)5-7-22-6-3-2-4-20(22)25/h9,11-12,16-17H,2-8,10,13-14H2,1H3/t16?,17-/m0/s1. The molecule has 1 amide bonds. The Hall–Kier alpha value is -2.28. The fourth-order valence-corrected chi connectivity index (χ4v) is 4.63. The number of likely N-dealkylation sites (tertiary alicyclic amines) is 2. The van der Waals surface area contributed by atoms with Gasteiger partial charge in [-0.3, -0.25) is 9.69 Å². The minimum atomic E-state index is 0.212. The lowest BCUT2D eigenvalue weighted by molar-refractivity contribution is -0.133. The Kier molecular flexibility index (Phi) is 5.71. The lowest BCUT2D eigenvalue weighted by Gasteiger charge is -2.29. The van der Waals surface area contributed by atoms with Gasteiger partial charge in [-0.25, -0.2) is 0 Å². The summed E-state index contributed by atoms with van der Waals surface area (Å²) in [6.45, 7) is 3.10. The highest BCUT2D eigenvalue weighted by Crippen LogP contribution is 2.45. The number of carbonyl (C=O) groups excluding carboxylic acids is 2. The molecule has 4 rings (SSSR count). The maximum Gasteiger partial charge on any atom is 0.231 e. The molecule has 0 radical (unpaired) electrons. The highest BCUT2D eigenvalue weighted by Gasteiger charge is 2.34. The van der Waals surface area contributed by atoms with Gasteiger partial charge in [0.2, 0.25) is 18.4 Å². The number of rotatable bonds is 7. The first-order valence-electron chi connectivity index (χ1n) is 10.1. The van der Waals surface area contributed by atoms with Crippen molar-refractivity contribution in [3.05, 3.63) is 17.7 Å². The van der Waals surface area contributed by atoms with Crippen molar-refractivity contribution in [3.63, 3.8) is 0 Å². The molecule has 2 saturated heterocycles. The lowest BCUT2D eigenvalue weighted by atomic mass is 9.94. The Labute approximate surface area is 165 Å². The molecule has 1 unspecified atom stereocenters. The number of methoxy groups -OCH3 is 1. The van der Waals surface area contributed by atoms with E-state index < -0.39 is 0 Å². The van der Waals surface area contributed by atoms with Crippen LogP contribution in [0.25, 0.3) is 0 Å². The number of carbonyl (C=O) groups is 2. The quantitative estimate of drug-likeness (QED) is 0.667. The number of ether oxygens (including phenoxy) is 3. The summed E-state index contributed by atoms with van der Waals surface area (Å²) in [6, 6.07) is 4.35. The molecule has 2 atom stereocenters. The van der Waals surface area contributed by atoms with Gasteiger partial charge in [-0.15, -0.1) is 0 Å². The first-order chi connectivity index (χ1) is 13.7. The number of fused-ring (bicyclic) bond motifs is 1. The molecule has 7 nitrogen and oxygen atoms in total. The van der Waals surface area contributed by atoms with Gasteiger partial charge >= 0.3 is 0 Å². The zero-order valence-corrected chi connectivity index (χ0v) is 16.4. The number of amides is 1. The molecule has 0 bridgehead atoms. The topological polar surface area (TPSA) is 68.3 Å². The number of aldehydes is 1. The van der Waals surface area contributed by atoms with Gasteiger partial charge in [0.15, 0.2) is 11.5 Å². The van der Waals surface area contributed by atoms with Gasteiger partial charge in [-0.1, -0.05) is 0 Å². The normalized spacial score (nSPS) is 24.6. The monoisotopic (exact) mass is 388 g/mol. The van der Waals surface area contributed by atoms with Gasteiger partial charge in [0, 0.05) is 32.1 Å². The predicted octanol–water partition coefficient (Wildman–Crippen LogP) is 2.18. The van der Waals surface area contributed by atoms with Crippen molar-refractivity contribution in [1.82, 2.24) is 9.80 Å². The summed E-state index contributed by atoms with van der Waals surface area (Å²) in [5.74, 6) is 2.63. The third-order valence-corrected chi connectivity index (χ3v) is 6.14. The highest BCUT2D eigenvalue weighted by molar-refractivity contribution is 5.76. The van der Waals surface area contributed by atoms with Crippen LogP contribution in [-0.2, 0) is 9.59 Å². The summed E-state index contributed by atoms with van der Waals surface area (Å²) in [7, 11) is 1.63. The number of nitrogens with zero attached hydrogens (tertiary/aromatic N) is 2. The highest BCUT2D eigenvalue weighted by atomic mass is 16.7. The average Bonchev–Trinajstić information content (AvgIpc) is 3.34. The fraction of sp³-hybridized carbons (Fsp3) is 0.619. The zero-order chi connectivity index (χ0) is 19.5. The van der Waals surface area contributed by atoms with Crippen molar-refractivity contribution >= 4 is 12.2 Å². The summed E-state index contributed by atoms with van der Waals surface area (Å²) >= 11 is 0. The van der Waals surface area contributed by atoms with Crippen molar-refractivity contribution in [2.24, 2.45) is 0 Å². The molecule has 152 valence electrons. The van der Waals surface area contributed by atoms with E-state index in [4.69, 9.17) is 14.2 Å². The molecule has 0 aliphatic carbocycles. The third-order valence-electron chi connectivity index (χ3n) is 6.14. The molecule has 0 spiro atoms. The fourth-order valence-electron chi connectivity index (χ4n) is 4.63. The van der Waals surface area contributed by atoms with Crippen molar-refractivity contribution < 1.29 is 23.8 Å². The number of hydrogen-bond acceptors (Lipinski definition) is 6. The van der Waals surface area contributed by atoms with Crippen LogP contribution in [0.2, 0.25) is 0 Å². The van der Waals surface area contributed by atoms with Gasteiger partial charge in [-0.05, 0) is 49.3 Å². The van der Waals surface area contributed by atoms with Crippen molar-refractivity contribution in [2.45, 2.75) is 44.1 Å². The Morgan fingerprint density at radius 2 is 2.18 bits per heavy atom. The summed E-state index contributed by atoms with van der Waals surface area (Å²) in [5, 5.41) is 0. The first kappa shape index (κ1) is 19.1. The Morgan fingerprint density at radius 3 is 2.96 bits per heavy atom. The molecule has 3 aliphatic rings. The van der Waals surface area contributed by atoms with Crippen LogP contribution >= 0.6 is 0 Å². The van der Waals surface area contributed by atoms with Crippen LogP contribution in [0.3, 0.4) is 0 Å². The predicted molar refractivity (Wildman–Crippen MR) is 103 cm³/mol. The molecule has 0 N–H and O–H groups in total. The van der Waals surface area contributed by atoms with Crippen LogP contribution in [0.15, 0.2) is 12.1 Å². The van der Waals surface area contributed by atoms with E-state index in [1.807, 2.05) is 17.0 Å². The van der Waals surface area contributed by atoms with E-state index in [0.717, 1.165) is 62.9 Å². The van der Waals surface area contributed by atoms with Gasteiger partial charge < -0.3 is 23.9 Å². The van der Waals surface area contributed by atoms with Crippen molar-refractivity contribution in [1.29, 1.82) is 0 Å². The Balaban J connectivity index is 1.46. The lowest BCUT2D eigenvalue weighted by Crippen LogP contribution is -2.39. The van der Waals surface area contributed by atoms with E-state index >= 15 is 0 Å². The number of benzene rings is 1. The molecule has 2 fully saturated rings. The van der Waals surface area contributed by atoms with Crippen LogP contribution in [0.5, 0.6) is 17.2 Å². The van der Waals surface area contributed by atoms with Gasteiger partial charge in [0.1, 0.15) is 6.29 Å². The molecule has 7 heteroatoms. The largest absolute Gasteiger partial charge is 0.493 e. The van der Waals surface area contributed by atoms with E-state index in [0.29, 0.717) is 36.4 Å². The second-order valence-corrected chi connectivity index (χ2v) is 7.79. The second kappa shape index (κ2) is 8.39. The summed E-state index contributed by atoms with van der Waals surface area (Å²) < 4.78 is 16.5. The van der Waals surface area contributed by atoms with Crippen LogP contribution in [0, 0.1) is 0 Å². The zero-order valence-electron chi connectivity index (χ0n) is 16.4. The van der Waals surface area contributed by atoms with Gasteiger partial charge in [0.25, 0.3) is 0 Å². The average molecular weight is 388 g/mol. The van der Waals surface area contributed by atoms with Crippen LogP contribution < -0.4 is 14.2 Å². The SMILES string of the molecule is COc1cc(C2C[C@H](CCN3CCCCC3=O)N(CC=O)C2)cc2c1OCO2. The van der Waals surface area contributed by atoms with E-state index in [9.17, 15) is 9.59 Å². The van der Waals surface area contributed by atoms with Crippen molar-refractivity contribution in [3.8, 4) is 17.2 Å². The molecule has 3 aliphatic heterocycles. The van der Waals surface area contributed by atoms with E-state index in [-0.39, 0.29) is 12.7 Å². The molecular weight excluding hydrogens is 360 g/mol. The maximum absolute atomic E-state index is 12.1. The molecule has 0 aromatic heterocycles. The minimum Gasteiger partial charge on any atom is -0.493 e. The van der Waals surface area contributed by atoms with E-state index in [1.54, 1.807) is 7.11 Å². The van der Waals surface area contributed by atoms with Crippen LogP contribution in [0.4, 0.5) is 0 Å². The van der Waals surface area contributed by atoms with Crippen molar-refractivity contribution in [2.75, 3.05) is 40.1 Å². The summed E-state index contributed by atoms with van der Waals surface area (Å²) in [5.41, 5.74) is 1.15. The minimum absolute atomic E-state index is 0.212. The Morgan fingerprint density at radius 1 is 1.29 bits per heavy atom. The van der Waals surface area contributed by atoms with E-state index in [1.165, 1.54) is 0 Å². The molecule has 1 aromatic rings. The molecule has 28 heavy (non-hydrogen) atoms. The smallest absolute Gasteiger partial charge is 0.231 e. The van der Waals surface area contributed by atoms with Crippen LogP contribution in [0.1, 0.15) is 43.6 Å². The molecule has 1 aromatic carbocycles. The molecule has 3 heterocycles. The second-order valence-electron chi connectivity index (χ2n) is 7.79. The Bertz CT molecular complexity index is 738. The number of hydrogen-bond donors (Lipinski definition) is 0. The number of piperidine rings is 1. The molecule has 0 saturated carbocycles. The third kappa shape index (κ3) is 3.81. The molecular formula is C21H28N2O5. The van der Waals surface area contributed by atoms with Crippen LogP contribution in [-0.4, -0.2) is 68.1 Å². The summed E-state index contributed by atoms with van der Waals surface area (Å²) in [4.78, 5) is 27.5. The van der Waals surface area contributed by atoms with E-state index in [2.05, 4.69) is 4.90 Å².